The highest BCUT2D eigenvalue weighted by Gasteiger charge is 2.29. The van der Waals surface area contributed by atoms with Gasteiger partial charge in [0.2, 0.25) is 0 Å². The monoisotopic (exact) mass is 194 g/mol. The first kappa shape index (κ1) is 11.4. The van der Waals surface area contributed by atoms with Crippen molar-refractivity contribution in [3.8, 4) is 0 Å². The predicted octanol–water partition coefficient (Wildman–Crippen LogP) is 1.75. The normalized spacial score (nSPS) is 16.9. The van der Waals surface area contributed by atoms with Gasteiger partial charge >= 0.3 is 7.71 Å². The molecular formula is C7H19ClN2Si. The van der Waals surface area contributed by atoms with Gasteiger partial charge in [0.1, 0.15) is 0 Å². The van der Waals surface area contributed by atoms with Gasteiger partial charge in [0.05, 0.1) is 0 Å². The van der Waals surface area contributed by atoms with Gasteiger partial charge in [-0.1, -0.05) is 20.8 Å². The molecule has 0 aromatic carbocycles. The van der Waals surface area contributed by atoms with Crippen molar-refractivity contribution in [1.29, 1.82) is 0 Å². The third-order valence-corrected chi connectivity index (χ3v) is 5.79. The molecule has 0 aliphatic heterocycles. The predicted molar refractivity (Wildman–Crippen MR) is 54.1 cm³/mol. The molecule has 0 amide bonds. The molecular weight excluding hydrogens is 176 g/mol. The lowest BCUT2D eigenvalue weighted by Crippen LogP contribution is -2.57. The molecule has 0 rings (SSSR count). The van der Waals surface area contributed by atoms with Crippen LogP contribution in [0.5, 0.6) is 0 Å². The van der Waals surface area contributed by atoms with Crippen LogP contribution in [0.4, 0.5) is 0 Å². The summed E-state index contributed by atoms with van der Waals surface area (Å²) >= 11 is 6.36. The summed E-state index contributed by atoms with van der Waals surface area (Å²) in [5.74, 6) is 0. The van der Waals surface area contributed by atoms with E-state index in [0.29, 0.717) is 0 Å². The Labute approximate surface area is 75.8 Å². The molecule has 1 atom stereocenters. The molecule has 0 aliphatic rings. The van der Waals surface area contributed by atoms with Crippen molar-refractivity contribution in [2.75, 3.05) is 19.6 Å². The van der Waals surface area contributed by atoms with E-state index in [1.165, 1.54) is 0 Å². The summed E-state index contributed by atoms with van der Waals surface area (Å²) < 4.78 is 2.32. The Bertz CT molecular complexity index is 105. The average molecular weight is 195 g/mol. The minimum atomic E-state index is -1.78. The van der Waals surface area contributed by atoms with Crippen LogP contribution in [0, 0.1) is 0 Å². The lowest BCUT2D eigenvalue weighted by molar-refractivity contribution is 0.465. The molecule has 0 heterocycles. The minimum Gasteiger partial charge on any atom is -0.314 e. The summed E-state index contributed by atoms with van der Waals surface area (Å²) in [5.41, 5.74) is 0. The highest BCUT2D eigenvalue weighted by molar-refractivity contribution is 7.16. The summed E-state index contributed by atoms with van der Waals surface area (Å²) in [4.78, 5) is 3.35. The van der Waals surface area contributed by atoms with Crippen molar-refractivity contribution < 1.29 is 0 Å². The van der Waals surface area contributed by atoms with Crippen LogP contribution in [0.2, 0.25) is 6.55 Å². The van der Waals surface area contributed by atoms with Gasteiger partial charge in [-0.05, 0) is 26.2 Å². The van der Waals surface area contributed by atoms with E-state index in [2.05, 4.69) is 36.9 Å². The highest BCUT2D eigenvalue weighted by atomic mass is 35.6. The van der Waals surface area contributed by atoms with Gasteiger partial charge in [-0.2, -0.15) is 0 Å². The molecule has 1 N–H and O–H groups in total. The first-order valence-electron chi connectivity index (χ1n) is 4.27. The van der Waals surface area contributed by atoms with Crippen molar-refractivity contribution in [3.05, 3.63) is 0 Å². The molecule has 0 fully saturated rings. The Balaban J connectivity index is 4.00. The number of nitrogens with one attached hydrogen (secondary N) is 1. The SMILES string of the molecule is CCN[Si](C)(Cl)N(CC)CC. The molecule has 68 valence electrons. The first-order valence-corrected chi connectivity index (χ1v) is 7.73. The molecule has 0 aromatic heterocycles. The number of halogens is 1. The minimum absolute atomic E-state index is 0.961. The molecule has 0 radical (unpaired) electrons. The zero-order chi connectivity index (χ0) is 8.91. The van der Waals surface area contributed by atoms with Gasteiger partial charge in [-0.3, -0.25) is 0 Å². The van der Waals surface area contributed by atoms with Crippen LogP contribution in [-0.4, -0.2) is 31.9 Å². The van der Waals surface area contributed by atoms with E-state index in [4.69, 9.17) is 11.1 Å². The maximum absolute atomic E-state index is 6.36. The van der Waals surface area contributed by atoms with Crippen LogP contribution >= 0.6 is 11.1 Å². The number of hydrogen-bond donors (Lipinski definition) is 1. The fourth-order valence-electron chi connectivity index (χ4n) is 1.25. The molecule has 0 saturated heterocycles. The molecule has 0 spiro atoms. The zero-order valence-corrected chi connectivity index (χ0v) is 9.70. The summed E-state index contributed by atoms with van der Waals surface area (Å²) in [6.45, 7) is 11.6. The Hall–Kier alpha value is 0.427. The van der Waals surface area contributed by atoms with Gasteiger partial charge in [-0.25, -0.2) is 0 Å². The molecule has 0 saturated carbocycles. The van der Waals surface area contributed by atoms with Crippen LogP contribution in [0.25, 0.3) is 0 Å². The second kappa shape index (κ2) is 5.14. The third-order valence-electron chi connectivity index (χ3n) is 1.86. The first-order chi connectivity index (χ1) is 5.08. The summed E-state index contributed by atoms with van der Waals surface area (Å²) in [7, 11) is -1.78. The van der Waals surface area contributed by atoms with E-state index >= 15 is 0 Å². The standard InChI is InChI=1S/C7H19ClN2Si/c1-5-9-11(4,8)10(6-2)7-3/h9H,5-7H2,1-4H3. The maximum Gasteiger partial charge on any atom is 0.301 e. The van der Waals surface area contributed by atoms with Gasteiger partial charge < -0.3 is 9.55 Å². The second-order valence-corrected chi connectivity index (χ2v) is 7.76. The molecule has 1 unspecified atom stereocenters. The van der Waals surface area contributed by atoms with Crippen LogP contribution in [0.15, 0.2) is 0 Å². The van der Waals surface area contributed by atoms with E-state index in [0.717, 1.165) is 19.6 Å². The largest absolute Gasteiger partial charge is 0.314 e. The Morgan fingerprint density at radius 2 is 1.73 bits per heavy atom. The van der Waals surface area contributed by atoms with E-state index < -0.39 is 7.71 Å². The third kappa shape index (κ3) is 3.56. The molecule has 11 heavy (non-hydrogen) atoms. The van der Waals surface area contributed by atoms with E-state index in [9.17, 15) is 0 Å². The fourth-order valence-corrected chi connectivity index (χ4v) is 4.43. The van der Waals surface area contributed by atoms with Gasteiger partial charge in [0.25, 0.3) is 0 Å². The maximum atomic E-state index is 6.36. The number of nitrogens with zero attached hydrogens (tertiary/aromatic N) is 1. The smallest absolute Gasteiger partial charge is 0.301 e. The van der Waals surface area contributed by atoms with Crippen molar-refractivity contribution >= 4 is 18.8 Å². The lowest BCUT2D eigenvalue weighted by atomic mass is 10.7. The van der Waals surface area contributed by atoms with Crippen molar-refractivity contribution in [1.82, 2.24) is 9.55 Å². The summed E-state index contributed by atoms with van der Waals surface area (Å²) in [6.07, 6.45) is 0. The molecule has 0 aliphatic carbocycles. The molecule has 2 nitrogen and oxygen atoms in total. The van der Waals surface area contributed by atoms with Crippen LogP contribution in [0.1, 0.15) is 20.8 Å². The van der Waals surface area contributed by atoms with Crippen molar-refractivity contribution in [2.45, 2.75) is 27.3 Å². The van der Waals surface area contributed by atoms with Gasteiger partial charge in [0.15, 0.2) is 0 Å². The Morgan fingerprint density at radius 3 is 2.00 bits per heavy atom. The highest BCUT2D eigenvalue weighted by Crippen LogP contribution is 2.10. The van der Waals surface area contributed by atoms with Crippen molar-refractivity contribution in [3.63, 3.8) is 0 Å². The second-order valence-electron chi connectivity index (χ2n) is 2.66. The van der Waals surface area contributed by atoms with Crippen LogP contribution < -0.4 is 4.98 Å². The van der Waals surface area contributed by atoms with Crippen LogP contribution in [0.3, 0.4) is 0 Å². The quantitative estimate of drug-likeness (QED) is 0.530. The molecule has 4 heteroatoms. The van der Waals surface area contributed by atoms with E-state index in [-0.39, 0.29) is 0 Å². The Morgan fingerprint density at radius 1 is 1.27 bits per heavy atom. The average Bonchev–Trinajstić information content (AvgIpc) is 1.89. The number of rotatable bonds is 5. The van der Waals surface area contributed by atoms with Crippen LogP contribution in [-0.2, 0) is 0 Å². The molecule has 0 bridgehead atoms. The topological polar surface area (TPSA) is 15.3 Å². The van der Waals surface area contributed by atoms with E-state index in [1.54, 1.807) is 0 Å². The van der Waals surface area contributed by atoms with E-state index in [1.807, 2.05) is 0 Å². The Kier molecular flexibility index (Phi) is 5.34. The van der Waals surface area contributed by atoms with Gasteiger partial charge in [-0.15, -0.1) is 11.1 Å². The zero-order valence-electron chi connectivity index (χ0n) is 7.95. The lowest BCUT2D eigenvalue weighted by Gasteiger charge is -2.32. The van der Waals surface area contributed by atoms with Crippen molar-refractivity contribution in [2.24, 2.45) is 0 Å². The van der Waals surface area contributed by atoms with Gasteiger partial charge in [0, 0.05) is 0 Å². The number of hydrogen-bond acceptors (Lipinski definition) is 2. The fraction of sp³-hybridized carbons (Fsp3) is 1.00. The molecule has 0 aromatic rings. The summed E-state index contributed by atoms with van der Waals surface area (Å²) in [5, 5.41) is 0. The summed E-state index contributed by atoms with van der Waals surface area (Å²) in [6, 6.07) is 0.